The van der Waals surface area contributed by atoms with Crippen LogP contribution in [0.1, 0.15) is 11.1 Å². The molecular formula is C21H19NOSe. The summed E-state index contributed by atoms with van der Waals surface area (Å²) in [5, 5.41) is 11.2. The summed E-state index contributed by atoms with van der Waals surface area (Å²) in [6.45, 7) is 0.757. The first-order chi connectivity index (χ1) is 11.8. The van der Waals surface area contributed by atoms with Gasteiger partial charge < -0.3 is 0 Å². The van der Waals surface area contributed by atoms with Crippen LogP contribution < -0.4 is 4.46 Å². The van der Waals surface area contributed by atoms with Crippen molar-refractivity contribution in [2.24, 2.45) is 4.99 Å². The van der Waals surface area contributed by atoms with Gasteiger partial charge in [-0.2, -0.15) is 0 Å². The summed E-state index contributed by atoms with van der Waals surface area (Å²) in [4.78, 5) is 4.81. The van der Waals surface area contributed by atoms with Gasteiger partial charge in [0.15, 0.2) is 0 Å². The fraction of sp³-hybridized carbons (Fsp3) is 0.0952. The fourth-order valence-corrected chi connectivity index (χ4v) is 4.05. The van der Waals surface area contributed by atoms with Gasteiger partial charge in [0, 0.05) is 0 Å². The number of para-hydroxylation sites is 1. The van der Waals surface area contributed by atoms with Crippen molar-refractivity contribution < 1.29 is 5.11 Å². The molecule has 0 fully saturated rings. The number of hydrogen-bond acceptors (Lipinski definition) is 2. The van der Waals surface area contributed by atoms with Crippen LogP contribution >= 0.6 is 0 Å². The standard InChI is InChI=1S/C21H19NOSe/c23-20-14-8-7-13-19(20)21(17-9-3-1-4-10-17)22-15-16-24-18-11-5-2-6-12-18/h1-14,23H,15-16H2. The van der Waals surface area contributed by atoms with Gasteiger partial charge in [-0.1, -0.05) is 0 Å². The molecule has 0 radical (unpaired) electrons. The first kappa shape index (κ1) is 16.5. The summed E-state index contributed by atoms with van der Waals surface area (Å²) in [6.07, 6.45) is 0. The Morgan fingerprint density at radius 2 is 1.42 bits per heavy atom. The Kier molecular flexibility index (Phi) is 5.84. The minimum absolute atomic E-state index is 0.272. The van der Waals surface area contributed by atoms with Gasteiger partial charge in [-0.05, 0) is 0 Å². The van der Waals surface area contributed by atoms with Crippen molar-refractivity contribution in [1.29, 1.82) is 0 Å². The van der Waals surface area contributed by atoms with Crippen LogP contribution in [0.2, 0.25) is 5.32 Å². The van der Waals surface area contributed by atoms with Crippen molar-refractivity contribution in [3.63, 3.8) is 0 Å². The number of nitrogens with zero attached hydrogens (tertiary/aromatic N) is 1. The average Bonchev–Trinajstić information content (AvgIpc) is 2.64. The van der Waals surface area contributed by atoms with Gasteiger partial charge in [0.05, 0.1) is 0 Å². The van der Waals surface area contributed by atoms with E-state index in [0.29, 0.717) is 15.0 Å². The molecule has 3 rings (SSSR count). The van der Waals surface area contributed by atoms with E-state index in [2.05, 4.69) is 24.3 Å². The molecule has 0 saturated heterocycles. The summed E-state index contributed by atoms with van der Waals surface area (Å²) in [5.74, 6) is 0.272. The molecule has 0 aliphatic heterocycles. The summed E-state index contributed by atoms with van der Waals surface area (Å²) in [5.41, 5.74) is 2.68. The summed E-state index contributed by atoms with van der Waals surface area (Å²) < 4.78 is 1.39. The van der Waals surface area contributed by atoms with E-state index in [9.17, 15) is 5.11 Å². The van der Waals surface area contributed by atoms with Gasteiger partial charge in [0.1, 0.15) is 0 Å². The number of rotatable bonds is 6. The normalized spacial score (nSPS) is 11.4. The zero-order valence-electron chi connectivity index (χ0n) is 13.3. The van der Waals surface area contributed by atoms with Crippen LogP contribution in [0.4, 0.5) is 0 Å². The predicted molar refractivity (Wildman–Crippen MR) is 102 cm³/mol. The topological polar surface area (TPSA) is 32.6 Å². The van der Waals surface area contributed by atoms with E-state index in [4.69, 9.17) is 4.99 Å². The minimum atomic E-state index is 0.272. The third kappa shape index (κ3) is 4.35. The summed E-state index contributed by atoms with van der Waals surface area (Å²) in [6, 6.07) is 28.0. The molecule has 0 aliphatic carbocycles. The van der Waals surface area contributed by atoms with E-state index in [1.165, 1.54) is 4.46 Å². The van der Waals surface area contributed by atoms with Crippen molar-refractivity contribution >= 4 is 25.1 Å². The quantitative estimate of drug-likeness (QED) is 0.395. The first-order valence-corrected chi connectivity index (χ1v) is 9.97. The van der Waals surface area contributed by atoms with E-state index in [-0.39, 0.29) is 5.75 Å². The SMILES string of the molecule is Oc1ccccc1C(=NCC[Se]c1ccccc1)c1ccccc1. The fourth-order valence-electron chi connectivity index (χ4n) is 2.44. The number of benzene rings is 3. The van der Waals surface area contributed by atoms with Crippen molar-refractivity contribution in [3.8, 4) is 5.75 Å². The zero-order chi connectivity index (χ0) is 16.6. The van der Waals surface area contributed by atoms with E-state index in [1.807, 2.05) is 54.6 Å². The molecule has 3 heteroatoms. The Labute approximate surface area is 149 Å². The van der Waals surface area contributed by atoms with Crippen LogP contribution in [0.5, 0.6) is 5.75 Å². The van der Waals surface area contributed by atoms with Crippen molar-refractivity contribution in [2.75, 3.05) is 6.54 Å². The molecule has 120 valence electrons. The Morgan fingerprint density at radius 3 is 2.12 bits per heavy atom. The van der Waals surface area contributed by atoms with Gasteiger partial charge in [0.2, 0.25) is 0 Å². The van der Waals surface area contributed by atoms with Gasteiger partial charge in [-0.15, -0.1) is 0 Å². The molecule has 3 aromatic carbocycles. The van der Waals surface area contributed by atoms with Gasteiger partial charge >= 0.3 is 149 Å². The molecule has 0 aliphatic rings. The second-order valence-electron chi connectivity index (χ2n) is 5.28. The van der Waals surface area contributed by atoms with Crippen molar-refractivity contribution in [3.05, 3.63) is 96.1 Å². The molecule has 1 N–H and O–H groups in total. The third-order valence-corrected chi connectivity index (χ3v) is 5.66. The summed E-state index contributed by atoms with van der Waals surface area (Å²) in [7, 11) is 0. The van der Waals surface area contributed by atoms with E-state index in [0.717, 1.165) is 28.7 Å². The monoisotopic (exact) mass is 381 g/mol. The Bertz CT molecular complexity index is 800. The molecule has 24 heavy (non-hydrogen) atoms. The zero-order valence-corrected chi connectivity index (χ0v) is 15.0. The van der Waals surface area contributed by atoms with Crippen molar-refractivity contribution in [1.82, 2.24) is 0 Å². The number of hydrogen-bond donors (Lipinski definition) is 1. The number of aromatic hydroxyl groups is 1. The van der Waals surface area contributed by atoms with Gasteiger partial charge in [0.25, 0.3) is 0 Å². The molecule has 0 bridgehead atoms. The molecule has 0 saturated carbocycles. The molecule has 0 spiro atoms. The molecular weight excluding hydrogens is 361 g/mol. The van der Waals surface area contributed by atoms with Crippen LogP contribution in [0.25, 0.3) is 0 Å². The number of phenolic OH excluding ortho intramolecular Hbond substituents is 1. The first-order valence-electron chi connectivity index (χ1n) is 7.90. The van der Waals surface area contributed by atoms with Crippen LogP contribution in [-0.4, -0.2) is 32.3 Å². The van der Waals surface area contributed by atoms with Crippen LogP contribution in [0.3, 0.4) is 0 Å². The maximum atomic E-state index is 10.2. The Balaban J connectivity index is 1.79. The van der Waals surface area contributed by atoms with Crippen LogP contribution in [0.15, 0.2) is 89.9 Å². The Hall–Kier alpha value is -2.35. The van der Waals surface area contributed by atoms with Crippen LogP contribution in [-0.2, 0) is 0 Å². The third-order valence-electron chi connectivity index (χ3n) is 3.58. The van der Waals surface area contributed by atoms with E-state index < -0.39 is 0 Å². The van der Waals surface area contributed by atoms with E-state index >= 15 is 0 Å². The summed E-state index contributed by atoms with van der Waals surface area (Å²) >= 11 is 0.422. The Morgan fingerprint density at radius 1 is 0.792 bits per heavy atom. The molecule has 0 heterocycles. The van der Waals surface area contributed by atoms with Gasteiger partial charge in [-0.3, -0.25) is 0 Å². The molecule has 0 aromatic heterocycles. The van der Waals surface area contributed by atoms with Gasteiger partial charge in [-0.25, -0.2) is 0 Å². The van der Waals surface area contributed by atoms with Crippen LogP contribution in [0, 0.1) is 0 Å². The average molecular weight is 380 g/mol. The number of aliphatic imine (C=N–C) groups is 1. The molecule has 0 amide bonds. The number of phenols is 1. The van der Waals surface area contributed by atoms with E-state index in [1.54, 1.807) is 6.07 Å². The molecule has 3 aromatic rings. The second kappa shape index (κ2) is 8.49. The second-order valence-corrected chi connectivity index (χ2v) is 7.73. The maximum absolute atomic E-state index is 10.2. The molecule has 0 unspecified atom stereocenters. The molecule has 0 atom stereocenters. The predicted octanol–water partition coefficient (Wildman–Crippen LogP) is 3.68. The van der Waals surface area contributed by atoms with Crippen molar-refractivity contribution in [2.45, 2.75) is 5.32 Å². The molecule has 2 nitrogen and oxygen atoms in total.